The van der Waals surface area contributed by atoms with Crippen molar-refractivity contribution in [1.29, 1.82) is 0 Å². The number of rotatable bonds is 6. The van der Waals surface area contributed by atoms with Crippen LogP contribution >= 0.6 is 22.9 Å². The Balaban J connectivity index is 1.48. The predicted molar refractivity (Wildman–Crippen MR) is 109 cm³/mol. The van der Waals surface area contributed by atoms with Gasteiger partial charge in [-0.3, -0.25) is 9.59 Å². The SMILES string of the molecule is CN(CC(=O)N1CCN(C(=O)CC2CCCC2)CC1)S(=O)(=O)c1ccc(Cl)s1. The van der Waals surface area contributed by atoms with Gasteiger partial charge in [0.05, 0.1) is 10.9 Å². The summed E-state index contributed by atoms with van der Waals surface area (Å²) in [6.07, 6.45) is 5.32. The fourth-order valence-corrected chi connectivity index (χ4v) is 6.58. The average Bonchev–Trinajstić information content (AvgIpc) is 3.33. The number of hydrogen-bond donors (Lipinski definition) is 0. The highest BCUT2D eigenvalue weighted by molar-refractivity contribution is 7.91. The van der Waals surface area contributed by atoms with Crippen LogP contribution in [0.4, 0.5) is 0 Å². The van der Waals surface area contributed by atoms with E-state index in [0.29, 0.717) is 42.9 Å². The summed E-state index contributed by atoms with van der Waals surface area (Å²) in [6.45, 7) is 1.67. The van der Waals surface area contributed by atoms with Crippen molar-refractivity contribution >= 4 is 44.8 Å². The highest BCUT2D eigenvalue weighted by Crippen LogP contribution is 2.29. The van der Waals surface area contributed by atoms with Crippen LogP contribution in [0.25, 0.3) is 0 Å². The van der Waals surface area contributed by atoms with Crippen molar-refractivity contribution in [2.75, 3.05) is 39.8 Å². The van der Waals surface area contributed by atoms with E-state index in [1.807, 2.05) is 4.90 Å². The van der Waals surface area contributed by atoms with Gasteiger partial charge in [-0.05, 0) is 30.9 Å². The lowest BCUT2D eigenvalue weighted by Gasteiger charge is -2.35. The minimum atomic E-state index is -3.73. The van der Waals surface area contributed by atoms with Gasteiger partial charge in [-0.25, -0.2) is 8.42 Å². The van der Waals surface area contributed by atoms with Gasteiger partial charge in [0, 0.05) is 39.6 Å². The minimum absolute atomic E-state index is 0.120. The van der Waals surface area contributed by atoms with Crippen molar-refractivity contribution < 1.29 is 18.0 Å². The Labute approximate surface area is 175 Å². The minimum Gasteiger partial charge on any atom is -0.339 e. The van der Waals surface area contributed by atoms with Gasteiger partial charge in [0.2, 0.25) is 11.8 Å². The maximum atomic E-state index is 12.5. The summed E-state index contributed by atoms with van der Waals surface area (Å²) in [5.74, 6) is 0.432. The molecule has 1 aliphatic heterocycles. The molecule has 0 N–H and O–H groups in total. The van der Waals surface area contributed by atoms with E-state index in [2.05, 4.69) is 0 Å². The number of carbonyl (C=O) groups is 2. The second kappa shape index (κ2) is 9.11. The quantitative estimate of drug-likeness (QED) is 0.670. The monoisotopic (exact) mass is 447 g/mol. The van der Waals surface area contributed by atoms with E-state index in [4.69, 9.17) is 11.6 Å². The molecule has 0 unspecified atom stereocenters. The van der Waals surface area contributed by atoms with Gasteiger partial charge in [-0.1, -0.05) is 24.4 Å². The molecule has 2 aliphatic rings. The van der Waals surface area contributed by atoms with E-state index in [1.54, 1.807) is 4.90 Å². The normalized spacial score (nSPS) is 18.8. The average molecular weight is 448 g/mol. The lowest BCUT2D eigenvalue weighted by molar-refractivity contribution is -0.140. The van der Waals surface area contributed by atoms with Gasteiger partial charge < -0.3 is 9.80 Å². The molecule has 7 nitrogen and oxygen atoms in total. The molecule has 1 aromatic rings. The van der Waals surface area contributed by atoms with Gasteiger partial charge in [-0.15, -0.1) is 11.3 Å². The Morgan fingerprint density at radius 2 is 1.68 bits per heavy atom. The molecule has 0 bridgehead atoms. The van der Waals surface area contributed by atoms with E-state index in [9.17, 15) is 18.0 Å². The van der Waals surface area contributed by atoms with Crippen molar-refractivity contribution in [2.24, 2.45) is 5.92 Å². The summed E-state index contributed by atoms with van der Waals surface area (Å²) in [5.41, 5.74) is 0. The van der Waals surface area contributed by atoms with E-state index in [-0.39, 0.29) is 22.6 Å². The third-order valence-electron chi connectivity index (χ3n) is 5.49. The third kappa shape index (κ3) is 5.06. The van der Waals surface area contributed by atoms with Gasteiger partial charge >= 0.3 is 0 Å². The molecule has 2 amide bonds. The summed E-state index contributed by atoms with van der Waals surface area (Å²) in [6, 6.07) is 2.97. The summed E-state index contributed by atoms with van der Waals surface area (Å²) < 4.78 is 26.6. The van der Waals surface area contributed by atoms with Crippen molar-refractivity contribution in [1.82, 2.24) is 14.1 Å². The molecular weight excluding hydrogens is 422 g/mol. The molecule has 0 spiro atoms. The number of carbonyl (C=O) groups excluding carboxylic acids is 2. The Bertz CT molecular complexity index is 813. The Kier molecular flexibility index (Phi) is 7.01. The fraction of sp³-hybridized carbons (Fsp3) is 0.667. The lowest BCUT2D eigenvalue weighted by Crippen LogP contribution is -2.52. The van der Waals surface area contributed by atoms with Crippen LogP contribution in [-0.2, 0) is 19.6 Å². The number of piperazine rings is 1. The molecule has 2 fully saturated rings. The van der Waals surface area contributed by atoms with Crippen LogP contribution in [0.3, 0.4) is 0 Å². The van der Waals surface area contributed by atoms with Gasteiger partial charge in [-0.2, -0.15) is 4.31 Å². The number of hydrogen-bond acceptors (Lipinski definition) is 5. The first-order valence-corrected chi connectivity index (χ1v) is 12.2. The van der Waals surface area contributed by atoms with Crippen molar-refractivity contribution in [3.8, 4) is 0 Å². The van der Waals surface area contributed by atoms with E-state index >= 15 is 0 Å². The molecule has 0 radical (unpaired) electrons. The molecule has 10 heteroatoms. The molecule has 3 rings (SSSR count). The Hall–Kier alpha value is -1.16. The third-order valence-corrected chi connectivity index (χ3v) is 9.00. The molecule has 1 aromatic heterocycles. The number of nitrogens with zero attached hydrogens (tertiary/aromatic N) is 3. The molecule has 0 atom stereocenters. The first-order valence-electron chi connectivity index (χ1n) is 9.54. The van der Waals surface area contributed by atoms with Gasteiger partial charge in [0.1, 0.15) is 4.21 Å². The van der Waals surface area contributed by atoms with E-state index in [0.717, 1.165) is 28.5 Å². The second-order valence-corrected chi connectivity index (χ2v) is 11.4. The zero-order valence-electron chi connectivity index (χ0n) is 16.0. The number of likely N-dealkylation sites (N-methyl/N-ethyl adjacent to an activating group) is 1. The molecule has 0 aromatic carbocycles. The van der Waals surface area contributed by atoms with E-state index < -0.39 is 10.0 Å². The fourth-order valence-electron chi connectivity index (χ4n) is 3.76. The predicted octanol–water partition coefficient (Wildman–Crippen LogP) is 2.27. The van der Waals surface area contributed by atoms with E-state index in [1.165, 1.54) is 32.0 Å². The number of amides is 2. The first-order chi connectivity index (χ1) is 13.3. The largest absolute Gasteiger partial charge is 0.339 e. The molecule has 156 valence electrons. The summed E-state index contributed by atoms with van der Waals surface area (Å²) in [5, 5.41) is 0. The number of sulfonamides is 1. The number of thiophene rings is 1. The van der Waals surface area contributed by atoms with Crippen LogP contribution in [0.1, 0.15) is 32.1 Å². The zero-order chi connectivity index (χ0) is 20.3. The molecule has 2 heterocycles. The highest BCUT2D eigenvalue weighted by Gasteiger charge is 2.30. The lowest BCUT2D eigenvalue weighted by atomic mass is 10.0. The van der Waals surface area contributed by atoms with Crippen LogP contribution in [0, 0.1) is 5.92 Å². The van der Waals surface area contributed by atoms with Gasteiger partial charge in [0.15, 0.2) is 0 Å². The van der Waals surface area contributed by atoms with Crippen LogP contribution in [0.15, 0.2) is 16.3 Å². The highest BCUT2D eigenvalue weighted by atomic mass is 35.5. The molecule has 1 saturated carbocycles. The van der Waals surface area contributed by atoms with Gasteiger partial charge in [0.25, 0.3) is 10.0 Å². The molecule has 1 saturated heterocycles. The van der Waals surface area contributed by atoms with Crippen molar-refractivity contribution in [3.63, 3.8) is 0 Å². The van der Waals surface area contributed by atoms with Crippen LogP contribution < -0.4 is 0 Å². The number of halogens is 1. The Morgan fingerprint density at radius 3 is 2.21 bits per heavy atom. The second-order valence-electron chi connectivity index (χ2n) is 7.44. The zero-order valence-corrected chi connectivity index (χ0v) is 18.4. The van der Waals surface area contributed by atoms with Crippen molar-refractivity contribution in [2.45, 2.75) is 36.3 Å². The topological polar surface area (TPSA) is 78.0 Å². The molecule has 1 aliphatic carbocycles. The Morgan fingerprint density at radius 1 is 1.11 bits per heavy atom. The maximum Gasteiger partial charge on any atom is 0.252 e. The maximum absolute atomic E-state index is 12.5. The van der Waals surface area contributed by atoms with Crippen molar-refractivity contribution in [3.05, 3.63) is 16.5 Å². The molecular formula is C18H26ClN3O4S2. The smallest absolute Gasteiger partial charge is 0.252 e. The molecule has 28 heavy (non-hydrogen) atoms. The first kappa shape index (κ1) is 21.5. The standard InChI is InChI=1S/C18H26ClN3O4S2/c1-20(28(25,26)18-7-6-15(19)27-18)13-17(24)22-10-8-21(9-11-22)16(23)12-14-4-2-3-5-14/h6-7,14H,2-5,8-13H2,1H3. The van der Waals surface area contributed by atoms with Crippen LogP contribution in [-0.4, -0.2) is 74.1 Å². The van der Waals surface area contributed by atoms with Crippen LogP contribution in [0.2, 0.25) is 4.34 Å². The summed E-state index contributed by atoms with van der Waals surface area (Å²) in [7, 11) is -2.34. The van der Waals surface area contributed by atoms with Crippen LogP contribution in [0.5, 0.6) is 0 Å². The summed E-state index contributed by atoms with van der Waals surface area (Å²) in [4.78, 5) is 28.4. The summed E-state index contributed by atoms with van der Waals surface area (Å²) >= 11 is 6.79.